The van der Waals surface area contributed by atoms with Gasteiger partial charge in [-0.3, -0.25) is 4.79 Å². The molecule has 0 saturated heterocycles. The number of hydrogen-bond donors (Lipinski definition) is 1. The van der Waals surface area contributed by atoms with E-state index in [0.29, 0.717) is 16.5 Å². The number of nitrogens with one attached hydrogen (secondary N) is 1. The molecule has 0 unspecified atom stereocenters. The first kappa shape index (κ1) is 16.3. The maximum atomic E-state index is 11.9. The van der Waals surface area contributed by atoms with Crippen LogP contribution >= 0.6 is 43.5 Å². The fourth-order valence-electron chi connectivity index (χ4n) is 1.65. The van der Waals surface area contributed by atoms with Gasteiger partial charge in [-0.15, -0.1) is 0 Å². The van der Waals surface area contributed by atoms with Crippen molar-refractivity contribution in [3.05, 3.63) is 55.9 Å². The molecule has 0 aromatic heterocycles. The van der Waals surface area contributed by atoms with Crippen LogP contribution in [0.3, 0.4) is 0 Å². The Balaban J connectivity index is 1.97. The van der Waals surface area contributed by atoms with Crippen LogP contribution in [0.5, 0.6) is 5.75 Å². The van der Waals surface area contributed by atoms with E-state index in [4.69, 9.17) is 16.3 Å². The van der Waals surface area contributed by atoms with Crippen LogP contribution in [-0.2, 0) is 4.79 Å². The molecule has 1 N–H and O–H groups in total. The normalized spacial score (nSPS) is 10.3. The van der Waals surface area contributed by atoms with E-state index in [1.54, 1.807) is 18.2 Å². The predicted octanol–water partition coefficient (Wildman–Crippen LogP) is 5.19. The summed E-state index contributed by atoms with van der Waals surface area (Å²) in [7, 11) is 0. The van der Waals surface area contributed by atoms with Crippen molar-refractivity contribution in [2.45, 2.75) is 6.92 Å². The molecule has 6 heteroatoms. The summed E-state index contributed by atoms with van der Waals surface area (Å²) in [6.45, 7) is 1.82. The Bertz CT molecular complexity index is 677. The lowest BCUT2D eigenvalue weighted by Gasteiger charge is -2.11. The van der Waals surface area contributed by atoms with Gasteiger partial charge in [-0.2, -0.15) is 0 Å². The lowest BCUT2D eigenvalue weighted by Crippen LogP contribution is -2.20. The van der Waals surface area contributed by atoms with Crippen LogP contribution in [0.1, 0.15) is 5.56 Å². The number of carbonyl (C=O) groups is 1. The van der Waals surface area contributed by atoms with Crippen molar-refractivity contribution < 1.29 is 9.53 Å². The third-order valence-electron chi connectivity index (χ3n) is 2.73. The Hall–Kier alpha value is -1.04. The minimum Gasteiger partial charge on any atom is -0.483 e. The van der Waals surface area contributed by atoms with E-state index in [9.17, 15) is 4.79 Å². The highest BCUT2D eigenvalue weighted by atomic mass is 79.9. The standard InChI is InChI=1S/C15H12Br2ClNO2/c1-9-2-4-11(18)7-13(9)19-15(20)8-21-14-5-3-10(16)6-12(14)17/h2-7H,8H2,1H3,(H,19,20). The van der Waals surface area contributed by atoms with E-state index in [-0.39, 0.29) is 12.5 Å². The number of carbonyl (C=O) groups excluding carboxylic acids is 1. The van der Waals surface area contributed by atoms with Crippen molar-refractivity contribution in [1.82, 2.24) is 0 Å². The molecule has 110 valence electrons. The highest BCUT2D eigenvalue weighted by molar-refractivity contribution is 9.11. The van der Waals surface area contributed by atoms with E-state index >= 15 is 0 Å². The zero-order valence-corrected chi connectivity index (χ0v) is 15.0. The van der Waals surface area contributed by atoms with Gasteiger partial charge >= 0.3 is 0 Å². The first-order chi connectivity index (χ1) is 9.95. The molecular weight excluding hydrogens is 421 g/mol. The van der Waals surface area contributed by atoms with Crippen LogP contribution in [0, 0.1) is 6.92 Å². The van der Waals surface area contributed by atoms with Crippen LogP contribution in [0.4, 0.5) is 5.69 Å². The average molecular weight is 434 g/mol. The summed E-state index contributed by atoms with van der Waals surface area (Å²) in [5, 5.41) is 3.36. The molecule has 0 aliphatic rings. The van der Waals surface area contributed by atoms with Crippen LogP contribution in [-0.4, -0.2) is 12.5 Å². The SMILES string of the molecule is Cc1ccc(Cl)cc1NC(=O)COc1ccc(Br)cc1Br. The summed E-state index contributed by atoms with van der Waals surface area (Å²) in [6, 6.07) is 10.8. The van der Waals surface area contributed by atoms with Gasteiger partial charge in [0.1, 0.15) is 5.75 Å². The lowest BCUT2D eigenvalue weighted by atomic mass is 10.2. The molecule has 2 aromatic rings. The van der Waals surface area contributed by atoms with Gasteiger partial charge in [-0.1, -0.05) is 33.6 Å². The van der Waals surface area contributed by atoms with E-state index in [1.807, 2.05) is 25.1 Å². The molecule has 0 saturated carbocycles. The maximum Gasteiger partial charge on any atom is 0.262 e. The van der Waals surface area contributed by atoms with Gasteiger partial charge in [0, 0.05) is 15.2 Å². The molecular formula is C15H12Br2ClNO2. The zero-order valence-electron chi connectivity index (χ0n) is 11.1. The first-order valence-electron chi connectivity index (χ1n) is 6.09. The number of ether oxygens (including phenoxy) is 1. The number of anilines is 1. The van der Waals surface area contributed by atoms with Crippen LogP contribution < -0.4 is 10.1 Å². The molecule has 0 fully saturated rings. The Kier molecular flexibility index (Phi) is 5.67. The van der Waals surface area contributed by atoms with Crippen molar-refractivity contribution in [3.8, 4) is 5.75 Å². The first-order valence-corrected chi connectivity index (χ1v) is 8.06. The number of hydrogen-bond acceptors (Lipinski definition) is 2. The molecule has 21 heavy (non-hydrogen) atoms. The van der Waals surface area contributed by atoms with Crippen molar-refractivity contribution in [2.75, 3.05) is 11.9 Å². The number of amides is 1. The Labute approximate surface area is 144 Å². The Morgan fingerprint density at radius 1 is 1.24 bits per heavy atom. The second-order valence-electron chi connectivity index (χ2n) is 4.37. The smallest absolute Gasteiger partial charge is 0.262 e. The summed E-state index contributed by atoms with van der Waals surface area (Å²) in [5.74, 6) is 0.367. The average Bonchev–Trinajstić information content (AvgIpc) is 2.42. The molecule has 0 aliphatic heterocycles. The molecule has 1 amide bonds. The summed E-state index contributed by atoms with van der Waals surface area (Å²) in [4.78, 5) is 11.9. The van der Waals surface area contributed by atoms with Crippen LogP contribution in [0.15, 0.2) is 45.3 Å². The minimum atomic E-state index is -0.241. The topological polar surface area (TPSA) is 38.3 Å². The molecule has 0 atom stereocenters. The minimum absolute atomic E-state index is 0.0772. The Morgan fingerprint density at radius 3 is 2.71 bits per heavy atom. The third-order valence-corrected chi connectivity index (χ3v) is 4.07. The van der Waals surface area contributed by atoms with Crippen molar-refractivity contribution in [3.63, 3.8) is 0 Å². The van der Waals surface area contributed by atoms with Gasteiger partial charge in [0.05, 0.1) is 4.47 Å². The molecule has 3 nitrogen and oxygen atoms in total. The maximum absolute atomic E-state index is 11.9. The van der Waals surface area contributed by atoms with Gasteiger partial charge in [0.2, 0.25) is 0 Å². The fraction of sp³-hybridized carbons (Fsp3) is 0.133. The molecule has 0 bridgehead atoms. The summed E-state index contributed by atoms with van der Waals surface area (Å²) >= 11 is 12.7. The second-order valence-corrected chi connectivity index (χ2v) is 6.58. The molecule has 2 rings (SSSR count). The number of rotatable bonds is 4. The molecule has 0 aliphatic carbocycles. The third kappa shape index (κ3) is 4.73. The summed E-state index contributed by atoms with van der Waals surface area (Å²) < 4.78 is 7.20. The van der Waals surface area contributed by atoms with Gasteiger partial charge < -0.3 is 10.1 Å². The second kappa shape index (κ2) is 7.29. The van der Waals surface area contributed by atoms with Gasteiger partial charge in [0.25, 0.3) is 5.91 Å². The quantitative estimate of drug-likeness (QED) is 0.721. The highest BCUT2D eigenvalue weighted by Crippen LogP contribution is 2.28. The highest BCUT2D eigenvalue weighted by Gasteiger charge is 2.08. The fourth-order valence-corrected chi connectivity index (χ4v) is 2.98. The zero-order chi connectivity index (χ0) is 15.4. The van der Waals surface area contributed by atoms with E-state index < -0.39 is 0 Å². The molecule has 0 heterocycles. The molecule has 2 aromatic carbocycles. The Morgan fingerprint density at radius 2 is 2.00 bits per heavy atom. The van der Waals surface area contributed by atoms with Gasteiger partial charge in [-0.25, -0.2) is 0 Å². The van der Waals surface area contributed by atoms with Crippen molar-refractivity contribution in [1.29, 1.82) is 0 Å². The van der Waals surface area contributed by atoms with Crippen molar-refractivity contribution >= 4 is 55.1 Å². The van der Waals surface area contributed by atoms with E-state index in [0.717, 1.165) is 14.5 Å². The summed E-state index contributed by atoms with van der Waals surface area (Å²) in [6.07, 6.45) is 0. The van der Waals surface area contributed by atoms with Crippen LogP contribution in [0.2, 0.25) is 5.02 Å². The number of aryl methyl sites for hydroxylation is 1. The molecule has 0 radical (unpaired) electrons. The monoisotopic (exact) mass is 431 g/mol. The lowest BCUT2D eigenvalue weighted by molar-refractivity contribution is -0.118. The van der Waals surface area contributed by atoms with E-state index in [1.165, 1.54) is 0 Å². The predicted molar refractivity (Wildman–Crippen MR) is 92.2 cm³/mol. The van der Waals surface area contributed by atoms with Crippen molar-refractivity contribution in [2.24, 2.45) is 0 Å². The number of halogens is 3. The van der Waals surface area contributed by atoms with E-state index in [2.05, 4.69) is 37.2 Å². The number of benzene rings is 2. The van der Waals surface area contributed by atoms with Gasteiger partial charge in [-0.05, 0) is 58.7 Å². The summed E-state index contributed by atoms with van der Waals surface area (Å²) in [5.41, 5.74) is 1.63. The van der Waals surface area contributed by atoms with Gasteiger partial charge in [0.15, 0.2) is 6.61 Å². The molecule has 0 spiro atoms. The largest absolute Gasteiger partial charge is 0.483 e. The van der Waals surface area contributed by atoms with Crippen LogP contribution in [0.25, 0.3) is 0 Å².